The van der Waals surface area contributed by atoms with E-state index in [1.807, 2.05) is 0 Å². The highest BCUT2D eigenvalue weighted by atomic mass is 19.1. The van der Waals surface area contributed by atoms with Crippen molar-refractivity contribution < 1.29 is 27.9 Å². The molecular formula is C28H17FO6. The Morgan fingerprint density at radius 3 is 2.34 bits per heavy atom. The molecule has 0 spiro atoms. The summed E-state index contributed by atoms with van der Waals surface area (Å²) in [4.78, 5) is 54.3. The Morgan fingerprint density at radius 2 is 1.57 bits per heavy atom. The molecule has 3 aromatic carbocycles. The molecule has 1 saturated carbocycles. The van der Waals surface area contributed by atoms with Crippen LogP contribution >= 0.6 is 0 Å². The molecule has 4 aromatic rings. The highest BCUT2D eigenvalue weighted by Crippen LogP contribution is 2.79. The van der Waals surface area contributed by atoms with Crippen molar-refractivity contribution in [3.05, 3.63) is 112 Å². The van der Waals surface area contributed by atoms with Gasteiger partial charge in [-0.3, -0.25) is 14.4 Å². The fraction of sp³-hybridized carbons (Fsp3) is 0.143. The van der Waals surface area contributed by atoms with Gasteiger partial charge in [0.05, 0.1) is 5.41 Å². The average Bonchev–Trinajstić information content (AvgIpc) is 3.46. The number of hydrogen-bond donors (Lipinski definition) is 0. The molecule has 0 unspecified atom stereocenters. The van der Waals surface area contributed by atoms with Crippen LogP contribution in [0.5, 0.6) is 5.75 Å². The molecule has 6 rings (SSSR count). The minimum atomic E-state index is -1.97. The zero-order valence-electron chi connectivity index (χ0n) is 18.4. The third-order valence-electron chi connectivity index (χ3n) is 7.32. The standard InChI is InChI=1S/C28H17FO6/c1-27(23(30)15-10-12-17(29)13-11-15)22-18-7-3-5-9-21(18)35-26(33)28(22,27)24(31)19-14-16-6-2-4-8-20(16)34-25(19)32/h2-14,22H,1H3/t22-,27-,28-/m1/s1. The first kappa shape index (κ1) is 21.2. The van der Waals surface area contributed by atoms with Crippen molar-refractivity contribution in [1.82, 2.24) is 0 Å². The first-order chi connectivity index (χ1) is 16.8. The molecule has 0 N–H and O–H groups in total. The second-order valence-electron chi connectivity index (χ2n) is 9.02. The summed E-state index contributed by atoms with van der Waals surface area (Å²) in [5.74, 6) is -3.40. The van der Waals surface area contributed by atoms with E-state index in [4.69, 9.17) is 9.15 Å². The maximum absolute atomic E-state index is 14.1. The zero-order valence-corrected chi connectivity index (χ0v) is 18.4. The number of fused-ring (bicyclic) bond motifs is 4. The minimum Gasteiger partial charge on any atom is -0.425 e. The van der Waals surface area contributed by atoms with Crippen molar-refractivity contribution in [3.8, 4) is 5.75 Å². The van der Waals surface area contributed by atoms with Gasteiger partial charge in [0, 0.05) is 22.4 Å². The normalized spacial score (nSPS) is 24.3. The summed E-state index contributed by atoms with van der Waals surface area (Å²) >= 11 is 0. The lowest BCUT2D eigenvalue weighted by Crippen LogP contribution is -2.40. The number of carbonyl (C=O) groups excluding carboxylic acids is 3. The van der Waals surface area contributed by atoms with E-state index in [0.717, 1.165) is 12.1 Å². The number of Topliss-reactive ketones (excluding diaryl/α,β-unsaturated/α-hetero) is 2. The molecule has 1 aliphatic carbocycles. The average molecular weight is 468 g/mol. The maximum atomic E-state index is 14.1. The molecule has 0 saturated heterocycles. The van der Waals surface area contributed by atoms with Gasteiger partial charge in [-0.1, -0.05) is 43.3 Å². The van der Waals surface area contributed by atoms with Gasteiger partial charge in [-0.05, 0) is 42.5 Å². The second kappa shape index (κ2) is 7.06. The summed E-state index contributed by atoms with van der Waals surface area (Å²) in [5, 5.41) is 0.500. The number of hydrogen-bond acceptors (Lipinski definition) is 6. The number of ketones is 2. The van der Waals surface area contributed by atoms with Crippen LogP contribution in [0, 0.1) is 16.6 Å². The molecule has 1 fully saturated rings. The Bertz CT molecular complexity index is 1640. The van der Waals surface area contributed by atoms with Gasteiger partial charge >= 0.3 is 11.6 Å². The molecule has 2 heterocycles. The summed E-state index contributed by atoms with van der Waals surface area (Å²) < 4.78 is 24.4. The largest absolute Gasteiger partial charge is 0.425 e. The first-order valence-corrected chi connectivity index (χ1v) is 11.0. The van der Waals surface area contributed by atoms with Gasteiger partial charge in [-0.2, -0.15) is 0 Å². The molecule has 172 valence electrons. The number of carbonyl (C=O) groups is 3. The van der Waals surface area contributed by atoms with Crippen LogP contribution in [0.1, 0.15) is 39.1 Å². The van der Waals surface area contributed by atoms with Crippen LogP contribution in [0.25, 0.3) is 11.0 Å². The SMILES string of the molecule is C[C@]1(C(=O)c2ccc(F)cc2)[C@H]2c3ccccc3OC(=O)[C@]21C(=O)c1cc2ccccc2oc1=O. The molecule has 35 heavy (non-hydrogen) atoms. The van der Waals surface area contributed by atoms with Crippen molar-refractivity contribution in [3.63, 3.8) is 0 Å². The molecule has 2 aliphatic rings. The van der Waals surface area contributed by atoms with Crippen molar-refractivity contribution in [1.29, 1.82) is 0 Å². The quantitative estimate of drug-likeness (QED) is 0.142. The van der Waals surface area contributed by atoms with E-state index in [1.54, 1.807) is 48.5 Å². The van der Waals surface area contributed by atoms with E-state index in [-0.39, 0.29) is 16.9 Å². The lowest BCUT2D eigenvalue weighted by atomic mass is 9.82. The van der Waals surface area contributed by atoms with E-state index in [2.05, 4.69) is 0 Å². The predicted octanol–water partition coefficient (Wildman–Crippen LogP) is 4.71. The zero-order chi connectivity index (χ0) is 24.5. The van der Waals surface area contributed by atoms with Crippen LogP contribution in [0.15, 0.2) is 88.1 Å². The Hall–Kier alpha value is -4.39. The number of halogens is 1. The molecule has 0 radical (unpaired) electrons. The van der Waals surface area contributed by atoms with Gasteiger partial charge in [0.15, 0.2) is 17.0 Å². The van der Waals surface area contributed by atoms with Crippen LogP contribution < -0.4 is 10.4 Å². The van der Waals surface area contributed by atoms with Crippen molar-refractivity contribution >= 4 is 28.5 Å². The van der Waals surface area contributed by atoms with E-state index in [0.29, 0.717) is 16.5 Å². The maximum Gasteiger partial charge on any atom is 0.347 e. The fourth-order valence-electron chi connectivity index (χ4n) is 5.59. The third kappa shape index (κ3) is 2.63. The van der Waals surface area contributed by atoms with Gasteiger partial charge in [-0.25, -0.2) is 9.18 Å². The molecule has 0 bridgehead atoms. The van der Waals surface area contributed by atoms with Crippen molar-refractivity contribution in [2.45, 2.75) is 12.8 Å². The smallest absolute Gasteiger partial charge is 0.347 e. The Balaban J connectivity index is 1.58. The molecular weight excluding hydrogens is 451 g/mol. The van der Waals surface area contributed by atoms with E-state index < -0.39 is 45.7 Å². The van der Waals surface area contributed by atoms with Crippen LogP contribution in [-0.4, -0.2) is 17.5 Å². The van der Waals surface area contributed by atoms with Gasteiger partial charge in [0.25, 0.3) is 0 Å². The number of ether oxygens (including phenoxy) is 1. The molecule has 3 atom stereocenters. The highest BCUT2D eigenvalue weighted by molar-refractivity contribution is 6.25. The molecule has 6 nitrogen and oxygen atoms in total. The summed E-state index contributed by atoms with van der Waals surface area (Å²) in [6.45, 7) is 1.52. The van der Waals surface area contributed by atoms with Crippen molar-refractivity contribution in [2.75, 3.05) is 0 Å². The van der Waals surface area contributed by atoms with Crippen molar-refractivity contribution in [2.24, 2.45) is 10.8 Å². The summed E-state index contributed by atoms with van der Waals surface area (Å²) in [6.07, 6.45) is 0. The number of para-hydroxylation sites is 2. The monoisotopic (exact) mass is 468 g/mol. The summed E-state index contributed by atoms with van der Waals surface area (Å²) in [7, 11) is 0. The lowest BCUT2D eigenvalue weighted by molar-refractivity contribution is -0.140. The van der Waals surface area contributed by atoms with E-state index >= 15 is 0 Å². The molecule has 1 aliphatic heterocycles. The van der Waals surface area contributed by atoms with Crippen LogP contribution in [0.3, 0.4) is 0 Å². The second-order valence-corrected chi connectivity index (χ2v) is 9.02. The Kier molecular flexibility index (Phi) is 4.27. The number of rotatable bonds is 4. The Labute approximate surface area is 198 Å². The lowest BCUT2D eigenvalue weighted by Gasteiger charge is -2.22. The Morgan fingerprint density at radius 1 is 0.886 bits per heavy atom. The van der Waals surface area contributed by atoms with E-state index in [1.165, 1.54) is 25.1 Å². The fourth-order valence-corrected chi connectivity index (χ4v) is 5.59. The van der Waals surface area contributed by atoms with E-state index in [9.17, 15) is 23.6 Å². The molecule has 7 heteroatoms. The summed E-state index contributed by atoms with van der Waals surface area (Å²) in [5.41, 5.74) is -3.82. The third-order valence-corrected chi connectivity index (χ3v) is 7.32. The van der Waals surface area contributed by atoms with Gasteiger partial charge < -0.3 is 9.15 Å². The highest BCUT2D eigenvalue weighted by Gasteiger charge is 2.87. The van der Waals surface area contributed by atoms with Gasteiger partial charge in [0.2, 0.25) is 0 Å². The minimum absolute atomic E-state index is 0.145. The number of esters is 1. The predicted molar refractivity (Wildman–Crippen MR) is 123 cm³/mol. The van der Waals surface area contributed by atoms with Gasteiger partial charge in [-0.15, -0.1) is 0 Å². The van der Waals surface area contributed by atoms with Gasteiger partial charge in [0.1, 0.15) is 22.7 Å². The van der Waals surface area contributed by atoms with Crippen LogP contribution in [0.4, 0.5) is 4.39 Å². The first-order valence-electron chi connectivity index (χ1n) is 11.0. The topological polar surface area (TPSA) is 90.7 Å². The number of benzene rings is 3. The van der Waals surface area contributed by atoms with Crippen LogP contribution in [0.2, 0.25) is 0 Å². The summed E-state index contributed by atoms with van der Waals surface area (Å²) in [6, 6.07) is 19.7. The van der Waals surface area contributed by atoms with Crippen LogP contribution in [-0.2, 0) is 4.79 Å². The molecule has 0 amide bonds. The molecule has 1 aromatic heterocycles.